The Morgan fingerprint density at radius 2 is 2.03 bits per heavy atom. The molecule has 0 bridgehead atoms. The van der Waals surface area contributed by atoms with Gasteiger partial charge in [0.2, 0.25) is 5.89 Å². The third kappa shape index (κ3) is 3.76. The summed E-state index contributed by atoms with van der Waals surface area (Å²) in [5.74, 6) is -0.293. The first-order chi connectivity index (χ1) is 15.2. The first-order valence-corrected chi connectivity index (χ1v) is 10.3. The lowest BCUT2D eigenvalue weighted by molar-refractivity contribution is -0.141. The average Bonchev–Trinajstić information content (AvgIpc) is 3.35. The number of nitrogens with one attached hydrogen (secondary N) is 1. The van der Waals surface area contributed by atoms with E-state index in [2.05, 4.69) is 20.4 Å². The van der Waals surface area contributed by atoms with Crippen LogP contribution in [-0.2, 0) is 19.6 Å². The molecule has 32 heavy (non-hydrogen) atoms. The van der Waals surface area contributed by atoms with E-state index in [0.29, 0.717) is 42.7 Å². The molecule has 2 aliphatic carbocycles. The van der Waals surface area contributed by atoms with E-state index in [0.717, 1.165) is 29.4 Å². The quantitative estimate of drug-likeness (QED) is 0.600. The Kier molecular flexibility index (Phi) is 4.79. The molecule has 1 amide bonds. The Morgan fingerprint density at radius 1 is 1.25 bits per heavy atom. The van der Waals surface area contributed by atoms with Crippen LogP contribution in [-0.4, -0.2) is 25.7 Å². The van der Waals surface area contributed by atoms with Gasteiger partial charge in [-0.2, -0.15) is 18.3 Å². The fourth-order valence-corrected chi connectivity index (χ4v) is 3.95. The molecule has 3 aromatic heterocycles. The van der Waals surface area contributed by atoms with Gasteiger partial charge in [0.05, 0.1) is 17.8 Å². The van der Waals surface area contributed by atoms with Crippen LogP contribution in [0.5, 0.6) is 0 Å². The van der Waals surface area contributed by atoms with Crippen LogP contribution in [0.1, 0.15) is 71.0 Å². The van der Waals surface area contributed by atoms with Crippen molar-refractivity contribution in [3.05, 3.63) is 52.7 Å². The molecule has 0 saturated heterocycles. The van der Waals surface area contributed by atoms with Crippen LogP contribution < -0.4 is 5.32 Å². The zero-order valence-electron chi connectivity index (χ0n) is 17.0. The molecule has 2 aliphatic rings. The molecule has 11 heteroatoms. The fraction of sp³-hybridized carbons (Fsp3) is 0.429. The van der Waals surface area contributed by atoms with Gasteiger partial charge in [0.1, 0.15) is 17.1 Å². The Balaban J connectivity index is 1.41. The van der Waals surface area contributed by atoms with E-state index in [9.17, 15) is 22.4 Å². The molecule has 5 rings (SSSR count). The predicted molar refractivity (Wildman–Crippen MR) is 103 cm³/mol. The number of pyridine rings is 1. The summed E-state index contributed by atoms with van der Waals surface area (Å²) in [6, 6.07) is 1.78. The number of hydrogen-bond acceptors (Lipinski definition) is 5. The Morgan fingerprint density at radius 3 is 2.72 bits per heavy atom. The number of oxazole rings is 1. The fourth-order valence-electron chi connectivity index (χ4n) is 3.95. The van der Waals surface area contributed by atoms with Gasteiger partial charge in [-0.05, 0) is 31.7 Å². The Bertz CT molecular complexity index is 1200. The van der Waals surface area contributed by atoms with Crippen LogP contribution in [0.2, 0.25) is 0 Å². The van der Waals surface area contributed by atoms with Gasteiger partial charge >= 0.3 is 6.18 Å². The second kappa shape index (κ2) is 7.42. The lowest BCUT2D eigenvalue weighted by Gasteiger charge is -2.21. The zero-order valence-corrected chi connectivity index (χ0v) is 17.0. The molecule has 0 aliphatic heterocycles. The number of halogens is 4. The minimum Gasteiger partial charge on any atom is -0.441 e. The summed E-state index contributed by atoms with van der Waals surface area (Å²) in [4.78, 5) is 21.3. The summed E-state index contributed by atoms with van der Waals surface area (Å²) in [6.45, 7) is 0. The van der Waals surface area contributed by atoms with Gasteiger partial charge in [-0.25, -0.2) is 9.37 Å². The number of aryl methyl sites for hydroxylation is 2. The molecule has 1 atom stereocenters. The summed E-state index contributed by atoms with van der Waals surface area (Å²) >= 11 is 0. The SMILES string of the molecule is Cn1nc(C(F)(F)F)cc1C(=O)N[C@H]1CCCc2oc(-c3cc(C4CC4)ncc3F)nc21. The normalized spacial score (nSPS) is 18.5. The van der Waals surface area contributed by atoms with Crippen LogP contribution in [0.3, 0.4) is 0 Å². The summed E-state index contributed by atoms with van der Waals surface area (Å²) in [5.41, 5.74) is 0.101. The van der Waals surface area contributed by atoms with Gasteiger partial charge in [-0.1, -0.05) is 0 Å². The second-order valence-electron chi connectivity index (χ2n) is 8.15. The standard InChI is InChI=1S/C21H19F4N5O2/c1-30-15(8-17(29-30)21(23,24)25)19(31)27-13-3-2-4-16-18(13)28-20(32-16)11-7-14(10-5-6-10)26-9-12(11)22/h7-10,13H,2-6H2,1H3,(H,27,31)/t13-/m0/s1. The third-order valence-corrected chi connectivity index (χ3v) is 5.76. The van der Waals surface area contributed by atoms with Crippen LogP contribution in [0.25, 0.3) is 11.5 Å². The van der Waals surface area contributed by atoms with Crippen LogP contribution in [0.15, 0.2) is 22.7 Å². The summed E-state index contributed by atoms with van der Waals surface area (Å²) in [6.07, 6.45) is 0.311. The largest absolute Gasteiger partial charge is 0.441 e. The monoisotopic (exact) mass is 449 g/mol. The molecule has 0 unspecified atom stereocenters. The molecular formula is C21H19F4N5O2. The van der Waals surface area contributed by atoms with Gasteiger partial charge in [0, 0.05) is 31.1 Å². The highest BCUT2D eigenvalue weighted by Gasteiger charge is 2.36. The van der Waals surface area contributed by atoms with E-state index in [1.807, 2.05) is 0 Å². The first kappa shape index (κ1) is 20.7. The number of carbonyl (C=O) groups excluding carboxylic acids is 1. The number of nitrogens with zero attached hydrogens (tertiary/aromatic N) is 4. The highest BCUT2D eigenvalue weighted by molar-refractivity contribution is 5.93. The van der Waals surface area contributed by atoms with Crippen molar-refractivity contribution in [2.24, 2.45) is 7.05 Å². The number of alkyl halides is 3. The van der Waals surface area contributed by atoms with Crippen molar-refractivity contribution < 1.29 is 26.8 Å². The molecule has 0 radical (unpaired) electrons. The van der Waals surface area contributed by atoms with E-state index in [-0.39, 0.29) is 17.1 Å². The number of aromatic nitrogens is 4. The van der Waals surface area contributed by atoms with Crippen molar-refractivity contribution >= 4 is 5.91 Å². The summed E-state index contributed by atoms with van der Waals surface area (Å²) < 4.78 is 59.9. The van der Waals surface area contributed by atoms with E-state index in [1.165, 1.54) is 7.05 Å². The third-order valence-electron chi connectivity index (χ3n) is 5.76. The molecule has 0 aromatic carbocycles. The van der Waals surface area contributed by atoms with E-state index >= 15 is 0 Å². The van der Waals surface area contributed by atoms with Gasteiger partial charge in [-0.15, -0.1) is 0 Å². The lowest BCUT2D eigenvalue weighted by atomic mass is 9.96. The Labute approximate surface area is 179 Å². The van der Waals surface area contributed by atoms with Crippen molar-refractivity contribution in [2.45, 2.75) is 50.2 Å². The molecular weight excluding hydrogens is 430 g/mol. The number of rotatable bonds is 4. The highest BCUT2D eigenvalue weighted by atomic mass is 19.4. The van der Waals surface area contributed by atoms with Crippen molar-refractivity contribution in [1.82, 2.24) is 25.1 Å². The van der Waals surface area contributed by atoms with Crippen LogP contribution >= 0.6 is 0 Å². The molecule has 0 spiro atoms. The van der Waals surface area contributed by atoms with Gasteiger partial charge in [-0.3, -0.25) is 14.5 Å². The van der Waals surface area contributed by atoms with Gasteiger partial charge < -0.3 is 9.73 Å². The number of fused-ring (bicyclic) bond motifs is 1. The van der Waals surface area contributed by atoms with Crippen LogP contribution in [0, 0.1) is 5.82 Å². The maximum Gasteiger partial charge on any atom is 0.435 e. The Hall–Kier alpha value is -3.24. The predicted octanol–water partition coefficient (Wildman–Crippen LogP) is 4.31. The van der Waals surface area contributed by atoms with Crippen molar-refractivity contribution in [1.29, 1.82) is 0 Å². The minimum atomic E-state index is -4.65. The number of hydrogen-bond donors (Lipinski definition) is 1. The average molecular weight is 449 g/mol. The zero-order chi connectivity index (χ0) is 22.6. The molecule has 3 heterocycles. The number of carbonyl (C=O) groups is 1. The molecule has 1 saturated carbocycles. The molecule has 1 N–H and O–H groups in total. The summed E-state index contributed by atoms with van der Waals surface area (Å²) in [5, 5.41) is 6.09. The second-order valence-corrected chi connectivity index (χ2v) is 8.15. The van der Waals surface area contributed by atoms with Crippen molar-refractivity contribution in [3.63, 3.8) is 0 Å². The maximum atomic E-state index is 14.4. The first-order valence-electron chi connectivity index (χ1n) is 10.3. The minimum absolute atomic E-state index is 0.109. The molecule has 3 aromatic rings. The van der Waals surface area contributed by atoms with Gasteiger partial charge in [0.15, 0.2) is 11.5 Å². The van der Waals surface area contributed by atoms with E-state index in [4.69, 9.17) is 4.42 Å². The van der Waals surface area contributed by atoms with Crippen molar-refractivity contribution in [2.75, 3.05) is 0 Å². The smallest absolute Gasteiger partial charge is 0.435 e. The molecule has 168 valence electrons. The topological polar surface area (TPSA) is 85.8 Å². The molecule has 1 fully saturated rings. The van der Waals surface area contributed by atoms with Crippen LogP contribution in [0.4, 0.5) is 17.6 Å². The highest BCUT2D eigenvalue weighted by Crippen LogP contribution is 2.41. The lowest BCUT2D eigenvalue weighted by Crippen LogP contribution is -2.32. The van der Waals surface area contributed by atoms with E-state index in [1.54, 1.807) is 6.07 Å². The molecule has 7 nitrogen and oxygen atoms in total. The maximum absolute atomic E-state index is 14.4. The number of amides is 1. The van der Waals surface area contributed by atoms with Crippen molar-refractivity contribution in [3.8, 4) is 11.5 Å². The summed E-state index contributed by atoms with van der Waals surface area (Å²) in [7, 11) is 1.27. The van der Waals surface area contributed by atoms with Gasteiger partial charge in [0.25, 0.3) is 5.91 Å². The van der Waals surface area contributed by atoms with E-state index < -0.39 is 29.6 Å².